The third kappa shape index (κ3) is 2.43. The second-order valence-corrected chi connectivity index (χ2v) is 4.16. The summed E-state index contributed by atoms with van der Waals surface area (Å²) in [5, 5.41) is 18.1. The Morgan fingerprint density at radius 1 is 1.10 bits per heavy atom. The lowest BCUT2D eigenvalue weighted by molar-refractivity contribution is 0.471. The van der Waals surface area contributed by atoms with Crippen LogP contribution in [0.2, 0.25) is 0 Å². The van der Waals surface area contributed by atoms with E-state index >= 15 is 0 Å². The van der Waals surface area contributed by atoms with Crippen LogP contribution >= 0.6 is 0 Å². The Morgan fingerprint density at radius 2 is 1.80 bits per heavy atom. The monoisotopic (exact) mass is 267 g/mol. The van der Waals surface area contributed by atoms with Gasteiger partial charge in [0.15, 0.2) is 0 Å². The van der Waals surface area contributed by atoms with Crippen LogP contribution in [0.4, 0.5) is 4.39 Å². The Balaban J connectivity index is 2.55. The van der Waals surface area contributed by atoms with Gasteiger partial charge in [0, 0.05) is 11.8 Å². The first-order chi connectivity index (χ1) is 9.56. The number of halogens is 1. The summed E-state index contributed by atoms with van der Waals surface area (Å²) < 4.78 is 19.1. The van der Waals surface area contributed by atoms with Gasteiger partial charge < -0.3 is 4.74 Å². The predicted octanol–water partition coefficient (Wildman–Crippen LogP) is 3.37. The number of rotatable bonds is 2. The van der Waals surface area contributed by atoms with Gasteiger partial charge in [0.2, 0.25) is 0 Å². The third-order valence-corrected chi connectivity index (χ3v) is 2.71. The zero-order valence-corrected chi connectivity index (χ0v) is 10.9. The minimum atomic E-state index is -0.661. The highest BCUT2D eigenvalue weighted by atomic mass is 19.1. The quantitative estimate of drug-likeness (QED) is 0.836. The first kappa shape index (κ1) is 13.5. The van der Waals surface area contributed by atoms with Crippen LogP contribution < -0.4 is 4.74 Å². The van der Waals surface area contributed by atoms with Crippen molar-refractivity contribution in [3.05, 3.63) is 52.6 Å². The van der Waals surface area contributed by atoms with Crippen molar-refractivity contribution in [2.24, 2.45) is 0 Å². The number of hydrogen-bond acceptors (Lipinski definition) is 4. The molecule has 0 saturated heterocycles. The normalized spacial score (nSPS) is 9.65. The molecule has 0 aliphatic carbocycles. The average Bonchev–Trinajstić information content (AvgIpc) is 2.38. The molecule has 0 fully saturated rings. The van der Waals surface area contributed by atoms with Gasteiger partial charge in [-0.25, -0.2) is 4.39 Å². The molecule has 2 rings (SSSR count). The Morgan fingerprint density at radius 3 is 2.45 bits per heavy atom. The summed E-state index contributed by atoms with van der Waals surface area (Å²) in [5.74, 6) is -0.320. The maximum Gasteiger partial charge on any atom is 0.148 e. The highest BCUT2D eigenvalue weighted by molar-refractivity contribution is 5.51. The number of benzene rings is 1. The molecular formula is C15H10FN3O. The maximum atomic E-state index is 13.5. The van der Waals surface area contributed by atoms with Crippen LogP contribution in [0.15, 0.2) is 24.3 Å². The standard InChI is InChI=1S/C15H10FN3O/c1-9-6-15(11(7-17)10(2)19-9)20-14-5-3-4-13(16)12(14)8-18/h3-6H,1-2H3. The summed E-state index contributed by atoms with van der Waals surface area (Å²) in [6.07, 6.45) is 0. The van der Waals surface area contributed by atoms with E-state index in [1.807, 2.05) is 6.07 Å². The molecule has 5 heteroatoms. The molecule has 0 aliphatic rings. The van der Waals surface area contributed by atoms with Gasteiger partial charge in [-0.2, -0.15) is 10.5 Å². The van der Waals surface area contributed by atoms with Crippen LogP contribution in [-0.2, 0) is 0 Å². The lowest BCUT2D eigenvalue weighted by atomic mass is 10.1. The third-order valence-electron chi connectivity index (χ3n) is 2.71. The molecule has 2 aromatic rings. The number of nitrogens with zero attached hydrogens (tertiary/aromatic N) is 3. The molecule has 0 atom stereocenters. The van der Waals surface area contributed by atoms with Crippen LogP contribution in [0.5, 0.6) is 11.5 Å². The number of ether oxygens (including phenoxy) is 1. The van der Waals surface area contributed by atoms with Crippen molar-refractivity contribution in [3.8, 4) is 23.6 Å². The van der Waals surface area contributed by atoms with E-state index in [0.29, 0.717) is 11.4 Å². The molecule has 0 aliphatic heterocycles. The lowest BCUT2D eigenvalue weighted by Crippen LogP contribution is -1.98. The van der Waals surface area contributed by atoms with Crippen molar-refractivity contribution < 1.29 is 9.13 Å². The van der Waals surface area contributed by atoms with E-state index in [0.717, 1.165) is 0 Å². The topological polar surface area (TPSA) is 69.7 Å². The maximum absolute atomic E-state index is 13.5. The lowest BCUT2D eigenvalue weighted by Gasteiger charge is -2.11. The summed E-state index contributed by atoms with van der Waals surface area (Å²) in [6, 6.07) is 9.44. The van der Waals surface area contributed by atoms with Crippen molar-refractivity contribution in [1.29, 1.82) is 10.5 Å². The smallest absolute Gasteiger partial charge is 0.148 e. The van der Waals surface area contributed by atoms with E-state index < -0.39 is 5.82 Å². The van der Waals surface area contributed by atoms with Crippen LogP contribution in [0.25, 0.3) is 0 Å². The van der Waals surface area contributed by atoms with Crippen LogP contribution in [0, 0.1) is 42.3 Å². The molecule has 4 nitrogen and oxygen atoms in total. The van der Waals surface area contributed by atoms with E-state index in [1.165, 1.54) is 18.2 Å². The summed E-state index contributed by atoms with van der Waals surface area (Å²) in [6.45, 7) is 3.45. The van der Waals surface area contributed by atoms with Gasteiger partial charge in [0.25, 0.3) is 0 Å². The largest absolute Gasteiger partial charge is 0.454 e. The summed E-state index contributed by atoms with van der Waals surface area (Å²) >= 11 is 0. The van der Waals surface area contributed by atoms with E-state index in [4.69, 9.17) is 15.3 Å². The summed E-state index contributed by atoms with van der Waals surface area (Å²) in [4.78, 5) is 4.17. The second kappa shape index (κ2) is 5.38. The number of aryl methyl sites for hydroxylation is 2. The number of nitriles is 2. The van der Waals surface area contributed by atoms with Gasteiger partial charge in [-0.3, -0.25) is 4.98 Å². The number of aromatic nitrogens is 1. The summed E-state index contributed by atoms with van der Waals surface area (Å²) in [5.41, 5.74) is 1.27. The van der Waals surface area contributed by atoms with Crippen molar-refractivity contribution in [3.63, 3.8) is 0 Å². The van der Waals surface area contributed by atoms with E-state index in [9.17, 15) is 4.39 Å². The zero-order chi connectivity index (χ0) is 14.7. The molecule has 20 heavy (non-hydrogen) atoms. The molecule has 0 radical (unpaired) electrons. The molecule has 1 aromatic carbocycles. The molecule has 0 saturated carbocycles. The number of pyridine rings is 1. The molecule has 0 unspecified atom stereocenters. The molecule has 0 bridgehead atoms. The fraction of sp³-hybridized carbons (Fsp3) is 0.133. The molecule has 1 heterocycles. The molecule has 0 amide bonds. The van der Waals surface area contributed by atoms with Gasteiger partial charge in [-0.05, 0) is 26.0 Å². The van der Waals surface area contributed by atoms with Crippen molar-refractivity contribution in [2.45, 2.75) is 13.8 Å². The van der Waals surface area contributed by atoms with Crippen LogP contribution in [0.1, 0.15) is 22.5 Å². The molecule has 0 N–H and O–H groups in total. The number of hydrogen-bond donors (Lipinski definition) is 0. The van der Waals surface area contributed by atoms with E-state index in [1.54, 1.807) is 26.0 Å². The first-order valence-electron chi connectivity index (χ1n) is 5.81. The fourth-order valence-corrected chi connectivity index (χ4v) is 1.83. The predicted molar refractivity (Wildman–Crippen MR) is 69.6 cm³/mol. The van der Waals surface area contributed by atoms with Gasteiger partial charge in [-0.15, -0.1) is 0 Å². The Bertz CT molecular complexity index is 757. The first-order valence-corrected chi connectivity index (χ1v) is 5.81. The summed E-state index contributed by atoms with van der Waals surface area (Å²) in [7, 11) is 0. The zero-order valence-electron chi connectivity index (χ0n) is 10.9. The van der Waals surface area contributed by atoms with Gasteiger partial charge in [0.1, 0.15) is 40.6 Å². The Kier molecular flexibility index (Phi) is 3.63. The minimum absolute atomic E-state index is 0.0778. The van der Waals surface area contributed by atoms with Crippen LogP contribution in [0.3, 0.4) is 0 Å². The van der Waals surface area contributed by atoms with Gasteiger partial charge in [0.05, 0.1) is 5.69 Å². The molecule has 0 spiro atoms. The van der Waals surface area contributed by atoms with Crippen molar-refractivity contribution in [2.75, 3.05) is 0 Å². The Labute approximate surface area is 115 Å². The highest BCUT2D eigenvalue weighted by Gasteiger charge is 2.14. The second-order valence-electron chi connectivity index (χ2n) is 4.16. The Hall–Kier alpha value is -2.92. The SMILES string of the molecule is Cc1cc(Oc2cccc(F)c2C#N)c(C#N)c(C)n1. The fourth-order valence-electron chi connectivity index (χ4n) is 1.83. The van der Waals surface area contributed by atoms with Crippen LogP contribution in [-0.4, -0.2) is 4.98 Å². The molecule has 1 aromatic heterocycles. The van der Waals surface area contributed by atoms with Gasteiger partial charge >= 0.3 is 0 Å². The molecular weight excluding hydrogens is 257 g/mol. The van der Waals surface area contributed by atoms with E-state index in [-0.39, 0.29) is 22.6 Å². The van der Waals surface area contributed by atoms with Crippen molar-refractivity contribution in [1.82, 2.24) is 4.98 Å². The average molecular weight is 267 g/mol. The van der Waals surface area contributed by atoms with E-state index in [2.05, 4.69) is 4.98 Å². The minimum Gasteiger partial charge on any atom is -0.454 e. The highest BCUT2D eigenvalue weighted by Crippen LogP contribution is 2.30. The van der Waals surface area contributed by atoms with Crippen molar-refractivity contribution >= 4 is 0 Å². The van der Waals surface area contributed by atoms with Gasteiger partial charge in [-0.1, -0.05) is 6.07 Å². The molecule has 98 valence electrons.